The number of nitrogen functional groups attached to an aromatic ring is 1. The number of β-lactam (4-membered cyclic amide) rings is 1. The number of nitrogens with two attached hydrogens (primary N) is 1. The highest BCUT2D eigenvalue weighted by molar-refractivity contribution is 8.00. The van der Waals surface area contributed by atoms with Gasteiger partial charge in [-0.25, -0.2) is 14.8 Å². The number of carboxylic acids is 1. The topological polar surface area (TPSA) is 198 Å². The molecule has 2 saturated heterocycles. The van der Waals surface area contributed by atoms with Crippen molar-refractivity contribution in [3.63, 3.8) is 0 Å². The number of ether oxygens (including phenoxy) is 1. The second kappa shape index (κ2) is 12.3. The van der Waals surface area contributed by atoms with Gasteiger partial charge in [-0.2, -0.15) is 0 Å². The van der Waals surface area contributed by atoms with E-state index in [1.54, 1.807) is 17.5 Å². The third-order valence-electron chi connectivity index (χ3n) is 7.80. The standard InChI is InChI=1S/C28H29N7O7S2/c1-41-18-7-6-13(10-31-18)19(15-8-9-30-23(15)36)16-11-43-26-21(25(38)35(26)22(16)27(39)40)33-24(37)20(17-12-44-28(29)32-17)34-42-14-4-2-3-5-14/h6-7,10,12,14,21,26H,2-5,8-9,11H2,1H3,(H2,29,32)(H,30,36)(H,33,37)(H,39,40)/t21-,26-/m1/s1. The molecule has 16 heteroatoms. The van der Waals surface area contributed by atoms with Gasteiger partial charge < -0.3 is 31.0 Å². The number of anilines is 1. The molecule has 0 unspecified atom stereocenters. The Morgan fingerprint density at radius 1 is 1.25 bits per heavy atom. The highest BCUT2D eigenvalue weighted by atomic mass is 32.2. The zero-order chi connectivity index (χ0) is 31.0. The van der Waals surface area contributed by atoms with Crippen molar-refractivity contribution in [2.45, 2.75) is 49.6 Å². The van der Waals surface area contributed by atoms with Crippen LogP contribution in [0.4, 0.5) is 5.13 Å². The molecule has 0 radical (unpaired) electrons. The molecule has 2 aromatic rings. The van der Waals surface area contributed by atoms with Gasteiger partial charge in [0.15, 0.2) is 10.8 Å². The predicted molar refractivity (Wildman–Crippen MR) is 161 cm³/mol. The summed E-state index contributed by atoms with van der Waals surface area (Å²) in [6.07, 6.45) is 5.44. The first kappa shape index (κ1) is 29.6. The lowest BCUT2D eigenvalue weighted by atomic mass is 9.90. The molecule has 2 aromatic heterocycles. The number of carbonyl (C=O) groups is 4. The van der Waals surface area contributed by atoms with Crippen molar-refractivity contribution in [3.8, 4) is 5.88 Å². The Labute approximate surface area is 259 Å². The minimum absolute atomic E-state index is 0.113. The Hall–Kier alpha value is -4.44. The average molecular weight is 640 g/mol. The van der Waals surface area contributed by atoms with Crippen LogP contribution < -0.4 is 21.1 Å². The first-order chi connectivity index (χ1) is 21.3. The summed E-state index contributed by atoms with van der Waals surface area (Å²) in [5.41, 5.74) is 7.32. The number of allylic oxidation sites excluding steroid dienone is 1. The van der Waals surface area contributed by atoms with Crippen molar-refractivity contribution in [2.24, 2.45) is 5.16 Å². The van der Waals surface area contributed by atoms with Crippen LogP contribution in [-0.2, 0) is 24.0 Å². The fourth-order valence-electron chi connectivity index (χ4n) is 5.68. The molecule has 230 valence electrons. The molecule has 44 heavy (non-hydrogen) atoms. The van der Waals surface area contributed by atoms with E-state index in [9.17, 15) is 24.3 Å². The Morgan fingerprint density at radius 3 is 2.66 bits per heavy atom. The maximum atomic E-state index is 13.5. The normalized spacial score (nSPS) is 23.2. The van der Waals surface area contributed by atoms with Gasteiger partial charge >= 0.3 is 5.97 Å². The first-order valence-electron chi connectivity index (χ1n) is 14.0. The number of thioether (sulfide) groups is 1. The second-order valence-electron chi connectivity index (χ2n) is 10.5. The summed E-state index contributed by atoms with van der Waals surface area (Å²) in [6.45, 7) is 0.405. The molecule has 5 heterocycles. The van der Waals surface area contributed by atoms with E-state index < -0.39 is 29.2 Å². The quantitative estimate of drug-likeness (QED) is 0.134. The molecule has 3 fully saturated rings. The molecule has 5 N–H and O–H groups in total. The highest BCUT2D eigenvalue weighted by Crippen LogP contribution is 2.45. The van der Waals surface area contributed by atoms with E-state index >= 15 is 0 Å². The molecular formula is C28H29N7O7S2. The van der Waals surface area contributed by atoms with E-state index in [-0.39, 0.29) is 40.0 Å². The zero-order valence-electron chi connectivity index (χ0n) is 23.6. The fraction of sp³-hybridized carbons (Fsp3) is 0.393. The van der Waals surface area contributed by atoms with Gasteiger partial charge in [0, 0.05) is 46.7 Å². The summed E-state index contributed by atoms with van der Waals surface area (Å²) in [6, 6.07) is 2.29. The molecule has 0 aromatic carbocycles. The molecule has 2 atom stereocenters. The van der Waals surface area contributed by atoms with Crippen molar-refractivity contribution >= 4 is 63.2 Å². The Bertz CT molecular complexity index is 1610. The molecule has 6 rings (SSSR count). The largest absolute Gasteiger partial charge is 0.481 e. The maximum Gasteiger partial charge on any atom is 0.352 e. The SMILES string of the molecule is COc1ccc(C(=C2CCNC2=O)C2=C(C(=O)O)N3C(=O)[C@@H](NC(=O)C(=NOC4CCCC4)c4csc(N)n4)[C@H]3SC2)cn1. The zero-order valence-corrected chi connectivity index (χ0v) is 25.2. The first-order valence-corrected chi connectivity index (χ1v) is 15.9. The lowest BCUT2D eigenvalue weighted by Gasteiger charge is -2.49. The molecule has 3 aliphatic heterocycles. The van der Waals surface area contributed by atoms with Gasteiger partial charge in [0.1, 0.15) is 28.9 Å². The van der Waals surface area contributed by atoms with E-state index in [1.807, 2.05) is 0 Å². The molecule has 3 amide bonds. The number of rotatable bonds is 9. The fourth-order valence-corrected chi connectivity index (χ4v) is 7.58. The van der Waals surface area contributed by atoms with Crippen LogP contribution >= 0.6 is 23.1 Å². The van der Waals surface area contributed by atoms with Gasteiger partial charge in [-0.05, 0) is 43.7 Å². The van der Waals surface area contributed by atoms with Crippen LogP contribution in [0.3, 0.4) is 0 Å². The van der Waals surface area contributed by atoms with Crippen molar-refractivity contribution < 1.29 is 33.9 Å². The van der Waals surface area contributed by atoms with E-state index in [4.69, 9.17) is 15.3 Å². The molecule has 14 nitrogen and oxygen atoms in total. The number of carbonyl (C=O) groups excluding carboxylic acids is 3. The maximum absolute atomic E-state index is 13.5. The molecule has 0 spiro atoms. The van der Waals surface area contributed by atoms with Crippen LogP contribution in [0.5, 0.6) is 5.88 Å². The number of aliphatic carboxylic acids is 1. The van der Waals surface area contributed by atoms with Gasteiger partial charge in [0.2, 0.25) is 11.8 Å². The Kier molecular flexibility index (Phi) is 8.27. The lowest BCUT2D eigenvalue weighted by molar-refractivity contribution is -0.150. The average Bonchev–Trinajstić information content (AvgIpc) is 3.80. The van der Waals surface area contributed by atoms with Gasteiger partial charge in [-0.15, -0.1) is 23.1 Å². The van der Waals surface area contributed by atoms with E-state index in [1.165, 1.54) is 25.1 Å². The van der Waals surface area contributed by atoms with Crippen molar-refractivity contribution in [2.75, 3.05) is 25.1 Å². The molecule has 1 saturated carbocycles. The van der Waals surface area contributed by atoms with Gasteiger partial charge in [0.25, 0.3) is 11.8 Å². The van der Waals surface area contributed by atoms with E-state index in [0.717, 1.165) is 41.9 Å². The third-order valence-corrected chi connectivity index (χ3v) is 9.76. The van der Waals surface area contributed by atoms with Crippen LogP contribution in [0.25, 0.3) is 5.57 Å². The molecular weight excluding hydrogens is 610 g/mol. The second-order valence-corrected chi connectivity index (χ2v) is 12.5. The number of nitrogens with zero attached hydrogens (tertiary/aromatic N) is 4. The number of aromatic nitrogens is 2. The smallest absolute Gasteiger partial charge is 0.352 e. The summed E-state index contributed by atoms with van der Waals surface area (Å²) in [5, 5.41) is 21.1. The van der Waals surface area contributed by atoms with Crippen molar-refractivity contribution in [1.29, 1.82) is 0 Å². The Balaban J connectivity index is 1.30. The lowest BCUT2D eigenvalue weighted by Crippen LogP contribution is -2.71. The summed E-state index contributed by atoms with van der Waals surface area (Å²) < 4.78 is 5.16. The predicted octanol–water partition coefficient (Wildman–Crippen LogP) is 1.50. The number of amides is 3. The van der Waals surface area contributed by atoms with Crippen LogP contribution in [0.1, 0.15) is 43.4 Å². The summed E-state index contributed by atoms with van der Waals surface area (Å²) in [7, 11) is 1.48. The van der Waals surface area contributed by atoms with Crippen LogP contribution in [0, 0.1) is 0 Å². The number of thiazole rings is 1. The number of methoxy groups -OCH3 is 1. The number of nitrogens with one attached hydrogen (secondary N) is 2. The van der Waals surface area contributed by atoms with Crippen molar-refractivity contribution in [1.82, 2.24) is 25.5 Å². The van der Waals surface area contributed by atoms with Gasteiger partial charge in [-0.3, -0.25) is 19.3 Å². The van der Waals surface area contributed by atoms with E-state index in [2.05, 4.69) is 25.8 Å². The van der Waals surface area contributed by atoms with E-state index in [0.29, 0.717) is 41.1 Å². The highest BCUT2D eigenvalue weighted by Gasteiger charge is 2.55. The number of oxime groups is 1. The third kappa shape index (κ3) is 5.50. The number of pyridine rings is 1. The number of hydrogen-bond acceptors (Lipinski definition) is 12. The van der Waals surface area contributed by atoms with Crippen molar-refractivity contribution in [3.05, 3.63) is 51.8 Å². The van der Waals surface area contributed by atoms with Crippen LogP contribution in [0.2, 0.25) is 0 Å². The van der Waals surface area contributed by atoms with Gasteiger partial charge in [-0.1, -0.05) is 5.16 Å². The van der Waals surface area contributed by atoms with Crippen LogP contribution in [0.15, 0.2) is 45.7 Å². The minimum atomic E-state index is -1.33. The molecule has 4 aliphatic rings. The van der Waals surface area contributed by atoms with Crippen LogP contribution in [-0.4, -0.2) is 86.3 Å². The molecule has 1 aliphatic carbocycles. The van der Waals surface area contributed by atoms with Gasteiger partial charge in [0.05, 0.1) is 7.11 Å². The molecule has 0 bridgehead atoms. The summed E-state index contributed by atoms with van der Waals surface area (Å²) >= 11 is 2.42. The number of hydrogen-bond donors (Lipinski definition) is 4. The summed E-state index contributed by atoms with van der Waals surface area (Å²) in [5.74, 6) is -2.41. The number of fused-ring (bicyclic) bond motifs is 1. The monoisotopic (exact) mass is 639 g/mol. The summed E-state index contributed by atoms with van der Waals surface area (Å²) in [4.78, 5) is 67.7. The minimum Gasteiger partial charge on any atom is -0.481 e. The number of carboxylic acid groups (broad SMARTS) is 1. The Morgan fingerprint density at radius 2 is 2.05 bits per heavy atom.